The van der Waals surface area contributed by atoms with Gasteiger partial charge >= 0.3 is 0 Å². The number of unbranched alkanes of at least 4 members (excludes halogenated alkanes) is 8. The second-order valence-corrected chi connectivity index (χ2v) is 9.32. The van der Waals surface area contributed by atoms with Crippen LogP contribution in [0.2, 0.25) is 0 Å². The van der Waals surface area contributed by atoms with E-state index in [9.17, 15) is 13.6 Å². The number of benzene rings is 1. The van der Waals surface area contributed by atoms with Crippen molar-refractivity contribution in [2.45, 2.75) is 77.2 Å². The Balaban J connectivity index is 1.04. The number of hydrogen-bond donors (Lipinski definition) is 2. The molecule has 1 amide bonds. The summed E-state index contributed by atoms with van der Waals surface area (Å²) in [6.45, 7) is 2.88. The lowest BCUT2D eigenvalue weighted by Crippen LogP contribution is -2.45. The summed E-state index contributed by atoms with van der Waals surface area (Å²) in [6.07, 6.45) is 13.4. The molecule has 1 unspecified atom stereocenters. The van der Waals surface area contributed by atoms with E-state index in [4.69, 9.17) is 4.74 Å². The standard InChI is InChI=1S/C26H34F2N6O2/c1-18-15-36-24-20(13-12-19(27)22(24)28)34(18)21(35)11-9-7-5-3-2-4-6-8-10-14-29-25-23-26(31-16-30-23)33-17-32-25/h12-13,16-18H,2-11,14-15H2,1H3,(H2,29,30,31,32,33). The fourth-order valence-corrected chi connectivity index (χ4v) is 4.61. The summed E-state index contributed by atoms with van der Waals surface area (Å²) in [7, 11) is 0. The van der Waals surface area contributed by atoms with Gasteiger partial charge in [-0.3, -0.25) is 4.79 Å². The maximum Gasteiger partial charge on any atom is 0.227 e. The van der Waals surface area contributed by atoms with Gasteiger partial charge < -0.3 is 19.9 Å². The maximum absolute atomic E-state index is 14.0. The zero-order valence-electron chi connectivity index (χ0n) is 20.7. The second-order valence-electron chi connectivity index (χ2n) is 9.32. The molecule has 1 aliphatic heterocycles. The van der Waals surface area contributed by atoms with Gasteiger partial charge in [-0.15, -0.1) is 0 Å². The number of carbonyl (C=O) groups is 1. The first-order chi connectivity index (χ1) is 17.6. The minimum atomic E-state index is -1.03. The number of aromatic nitrogens is 4. The average Bonchev–Trinajstić information content (AvgIpc) is 3.36. The van der Waals surface area contributed by atoms with E-state index in [1.807, 2.05) is 6.92 Å². The summed E-state index contributed by atoms with van der Waals surface area (Å²) in [5.41, 5.74) is 1.83. The molecule has 2 N–H and O–H groups in total. The van der Waals surface area contributed by atoms with E-state index in [-0.39, 0.29) is 24.3 Å². The number of fused-ring (bicyclic) bond motifs is 2. The molecular formula is C26H34F2N6O2. The van der Waals surface area contributed by atoms with E-state index in [1.54, 1.807) is 11.2 Å². The Bertz CT molecular complexity index is 1150. The zero-order chi connectivity index (χ0) is 25.3. The third-order valence-corrected chi connectivity index (χ3v) is 6.55. The third kappa shape index (κ3) is 6.27. The number of rotatable bonds is 13. The van der Waals surface area contributed by atoms with Crippen LogP contribution < -0.4 is 15.0 Å². The molecule has 0 fully saturated rings. The molecule has 0 bridgehead atoms. The molecular weight excluding hydrogens is 466 g/mol. The predicted octanol–water partition coefficient (Wildman–Crippen LogP) is 5.76. The van der Waals surface area contributed by atoms with Crippen LogP contribution in [0.15, 0.2) is 24.8 Å². The number of H-pyrrole nitrogens is 1. The van der Waals surface area contributed by atoms with Gasteiger partial charge in [-0.1, -0.05) is 44.9 Å². The van der Waals surface area contributed by atoms with E-state index in [2.05, 4.69) is 25.3 Å². The Morgan fingerprint density at radius 3 is 2.56 bits per heavy atom. The number of halogens is 2. The SMILES string of the molecule is CC1COc2c(ccc(F)c2F)N1C(=O)CCCCCCCCCCCNc1ncnc2nc[nH]c12. The highest BCUT2D eigenvalue weighted by molar-refractivity contribution is 5.96. The van der Waals surface area contributed by atoms with E-state index >= 15 is 0 Å². The number of imidazole rings is 1. The van der Waals surface area contributed by atoms with Crippen LogP contribution in [0.25, 0.3) is 11.2 Å². The van der Waals surface area contributed by atoms with Crippen molar-refractivity contribution in [2.24, 2.45) is 0 Å². The molecule has 0 saturated heterocycles. The Morgan fingerprint density at radius 1 is 1.06 bits per heavy atom. The number of carbonyl (C=O) groups excluding carboxylic acids is 1. The Kier molecular flexibility index (Phi) is 9.02. The van der Waals surface area contributed by atoms with Crippen LogP contribution >= 0.6 is 0 Å². The summed E-state index contributed by atoms with van der Waals surface area (Å²) >= 11 is 0. The van der Waals surface area contributed by atoms with Gasteiger partial charge in [0.05, 0.1) is 18.1 Å². The molecule has 194 valence electrons. The van der Waals surface area contributed by atoms with E-state index in [0.29, 0.717) is 17.8 Å². The molecule has 2 aromatic heterocycles. The van der Waals surface area contributed by atoms with Crippen LogP contribution in [0, 0.1) is 11.6 Å². The first-order valence-electron chi connectivity index (χ1n) is 12.9. The molecule has 0 aliphatic carbocycles. The fraction of sp³-hybridized carbons (Fsp3) is 0.538. The van der Waals surface area contributed by atoms with Gasteiger partial charge in [0.2, 0.25) is 11.7 Å². The van der Waals surface area contributed by atoms with Crippen molar-refractivity contribution in [1.29, 1.82) is 0 Å². The van der Waals surface area contributed by atoms with Gasteiger partial charge in [0, 0.05) is 13.0 Å². The minimum absolute atomic E-state index is 0.0677. The lowest BCUT2D eigenvalue weighted by atomic mass is 10.1. The Hall–Kier alpha value is -3.30. The maximum atomic E-state index is 14.0. The van der Waals surface area contributed by atoms with Crippen molar-refractivity contribution in [3.05, 3.63) is 36.4 Å². The summed E-state index contributed by atoms with van der Waals surface area (Å²) in [4.78, 5) is 29.9. The Morgan fingerprint density at radius 2 is 1.78 bits per heavy atom. The highest BCUT2D eigenvalue weighted by Gasteiger charge is 2.32. The van der Waals surface area contributed by atoms with E-state index in [0.717, 1.165) is 56.0 Å². The van der Waals surface area contributed by atoms with Crippen molar-refractivity contribution in [1.82, 2.24) is 19.9 Å². The number of anilines is 2. The summed E-state index contributed by atoms with van der Waals surface area (Å²) in [5.74, 6) is -1.44. The van der Waals surface area contributed by atoms with Crippen molar-refractivity contribution in [3.8, 4) is 5.75 Å². The van der Waals surface area contributed by atoms with Gasteiger partial charge in [0.15, 0.2) is 23.0 Å². The molecule has 3 aromatic rings. The molecule has 36 heavy (non-hydrogen) atoms. The third-order valence-electron chi connectivity index (χ3n) is 6.55. The Labute approximate surface area is 209 Å². The van der Waals surface area contributed by atoms with Crippen molar-refractivity contribution >= 4 is 28.6 Å². The number of amides is 1. The average molecular weight is 501 g/mol. The molecule has 3 heterocycles. The molecule has 0 radical (unpaired) electrons. The van der Waals surface area contributed by atoms with Crippen LogP contribution in [0.4, 0.5) is 20.3 Å². The van der Waals surface area contributed by atoms with E-state index in [1.165, 1.54) is 38.1 Å². The number of aromatic amines is 1. The number of nitrogens with one attached hydrogen (secondary N) is 2. The molecule has 0 saturated carbocycles. The van der Waals surface area contributed by atoms with Crippen molar-refractivity contribution in [2.75, 3.05) is 23.4 Å². The summed E-state index contributed by atoms with van der Waals surface area (Å²) in [5, 5.41) is 3.35. The van der Waals surface area contributed by atoms with Gasteiger partial charge in [-0.2, -0.15) is 4.39 Å². The lowest BCUT2D eigenvalue weighted by Gasteiger charge is -2.35. The molecule has 1 aliphatic rings. The van der Waals surface area contributed by atoms with E-state index < -0.39 is 11.6 Å². The monoisotopic (exact) mass is 500 g/mol. The zero-order valence-corrected chi connectivity index (χ0v) is 20.7. The summed E-state index contributed by atoms with van der Waals surface area (Å²) in [6, 6.07) is 2.26. The number of hydrogen-bond acceptors (Lipinski definition) is 6. The van der Waals surface area contributed by atoms with Crippen molar-refractivity contribution < 1.29 is 18.3 Å². The van der Waals surface area contributed by atoms with Crippen LogP contribution in [-0.4, -0.2) is 45.0 Å². The largest absolute Gasteiger partial charge is 0.486 e. The first-order valence-corrected chi connectivity index (χ1v) is 12.9. The van der Waals surface area contributed by atoms with Gasteiger partial charge in [0.25, 0.3) is 0 Å². The van der Waals surface area contributed by atoms with Gasteiger partial charge in [-0.05, 0) is 31.9 Å². The minimum Gasteiger partial charge on any atom is -0.486 e. The quantitative estimate of drug-likeness (QED) is 0.290. The molecule has 4 rings (SSSR count). The molecule has 10 heteroatoms. The highest BCUT2D eigenvalue weighted by Crippen LogP contribution is 2.37. The van der Waals surface area contributed by atoms with Crippen LogP contribution in [-0.2, 0) is 4.79 Å². The van der Waals surface area contributed by atoms with Crippen LogP contribution in [0.5, 0.6) is 5.75 Å². The molecule has 8 nitrogen and oxygen atoms in total. The van der Waals surface area contributed by atoms with Gasteiger partial charge in [-0.25, -0.2) is 19.3 Å². The highest BCUT2D eigenvalue weighted by atomic mass is 19.2. The fourth-order valence-electron chi connectivity index (χ4n) is 4.61. The first kappa shape index (κ1) is 25.8. The number of nitrogens with zero attached hydrogens (tertiary/aromatic N) is 4. The predicted molar refractivity (Wildman–Crippen MR) is 135 cm³/mol. The van der Waals surface area contributed by atoms with Gasteiger partial charge in [0.1, 0.15) is 18.5 Å². The van der Waals surface area contributed by atoms with Crippen LogP contribution in [0.1, 0.15) is 71.1 Å². The second kappa shape index (κ2) is 12.6. The topological polar surface area (TPSA) is 96.0 Å². The normalized spacial score (nSPS) is 15.1. The summed E-state index contributed by atoms with van der Waals surface area (Å²) < 4.78 is 32.9. The number of ether oxygens (including phenoxy) is 1. The molecule has 1 atom stereocenters. The smallest absolute Gasteiger partial charge is 0.227 e. The molecule has 0 spiro atoms. The molecule has 1 aromatic carbocycles. The lowest BCUT2D eigenvalue weighted by molar-refractivity contribution is -0.119. The van der Waals surface area contributed by atoms with Crippen LogP contribution in [0.3, 0.4) is 0 Å². The van der Waals surface area contributed by atoms with Crippen molar-refractivity contribution in [3.63, 3.8) is 0 Å².